The summed E-state index contributed by atoms with van der Waals surface area (Å²) in [6, 6.07) is 5.86. The quantitative estimate of drug-likeness (QED) is 0.862. The van der Waals surface area contributed by atoms with E-state index in [-0.39, 0.29) is 11.6 Å². The van der Waals surface area contributed by atoms with Crippen LogP contribution in [0, 0.1) is 0 Å². The van der Waals surface area contributed by atoms with Gasteiger partial charge in [0.15, 0.2) is 0 Å². The van der Waals surface area contributed by atoms with E-state index in [0.29, 0.717) is 6.42 Å². The minimum Gasteiger partial charge on any atom is -0.386 e. The van der Waals surface area contributed by atoms with Crippen molar-refractivity contribution in [3.63, 3.8) is 0 Å². The van der Waals surface area contributed by atoms with E-state index in [1.807, 2.05) is 30.0 Å². The zero-order valence-corrected chi connectivity index (χ0v) is 15.2. The molecule has 1 amide bonds. The van der Waals surface area contributed by atoms with Gasteiger partial charge in [-0.15, -0.1) is 0 Å². The molecule has 1 aliphatic carbocycles. The Morgan fingerprint density at radius 1 is 1.40 bits per heavy atom. The van der Waals surface area contributed by atoms with Crippen LogP contribution in [0.25, 0.3) is 11.0 Å². The summed E-state index contributed by atoms with van der Waals surface area (Å²) in [7, 11) is 0. The summed E-state index contributed by atoms with van der Waals surface area (Å²) in [5.74, 6) is 0.827. The summed E-state index contributed by atoms with van der Waals surface area (Å²) < 4.78 is 2.20. The van der Waals surface area contributed by atoms with E-state index in [9.17, 15) is 9.90 Å². The zero-order chi connectivity index (χ0) is 18.0. The molecule has 2 aliphatic rings. The molecule has 1 aliphatic heterocycles. The molecule has 5 heteroatoms. The highest BCUT2D eigenvalue weighted by atomic mass is 16.3. The molecule has 1 aromatic carbocycles. The van der Waals surface area contributed by atoms with E-state index in [0.717, 1.165) is 53.8 Å². The fourth-order valence-corrected chi connectivity index (χ4v) is 3.95. The zero-order valence-electron chi connectivity index (χ0n) is 15.2. The van der Waals surface area contributed by atoms with Crippen LogP contribution in [0.2, 0.25) is 0 Å². The molecule has 132 valence electrons. The topological polar surface area (TPSA) is 58.4 Å². The highest BCUT2D eigenvalue weighted by molar-refractivity contribution is 5.99. The lowest BCUT2D eigenvalue weighted by Gasteiger charge is -2.58. The Kier molecular flexibility index (Phi) is 3.38. The third kappa shape index (κ3) is 2.18. The summed E-state index contributed by atoms with van der Waals surface area (Å²) >= 11 is 0. The number of carbonyl (C=O) groups is 1. The first-order valence-electron chi connectivity index (χ1n) is 9.03. The van der Waals surface area contributed by atoms with Gasteiger partial charge in [-0.3, -0.25) is 14.3 Å². The Morgan fingerprint density at radius 3 is 2.68 bits per heavy atom. The summed E-state index contributed by atoms with van der Waals surface area (Å²) in [6.45, 7) is 9.58. The Morgan fingerprint density at radius 2 is 2.12 bits per heavy atom. The second kappa shape index (κ2) is 5.18. The summed E-state index contributed by atoms with van der Waals surface area (Å²) in [4.78, 5) is 19.4. The molecule has 0 bridgehead atoms. The van der Waals surface area contributed by atoms with Crippen LogP contribution in [0.4, 0.5) is 5.95 Å². The van der Waals surface area contributed by atoms with Gasteiger partial charge in [-0.2, -0.15) is 0 Å². The van der Waals surface area contributed by atoms with E-state index in [2.05, 4.69) is 11.1 Å². The molecule has 1 fully saturated rings. The number of nitrogens with zero attached hydrogens (tertiary/aromatic N) is 3. The molecular formula is C20H25N3O2. The van der Waals surface area contributed by atoms with Crippen molar-refractivity contribution in [2.75, 3.05) is 4.90 Å². The van der Waals surface area contributed by atoms with Gasteiger partial charge < -0.3 is 5.11 Å². The van der Waals surface area contributed by atoms with Crippen molar-refractivity contribution in [1.29, 1.82) is 0 Å². The second-order valence-electron chi connectivity index (χ2n) is 7.86. The number of hydrogen-bond acceptors (Lipinski definition) is 3. The standard InChI is InChI=1S/C20H25N3O2/c1-5-13(2)11-17(24)23-18-21-15-8-7-14(19(3,4)25)12-16(15)22(18)20(23)9-6-10-20/h7-8,12,25H,2,5-6,9-11H2,1,3-4H3. The van der Waals surface area contributed by atoms with E-state index in [4.69, 9.17) is 4.98 Å². The molecule has 1 spiro atoms. The number of rotatable bonds is 4. The molecule has 1 aromatic heterocycles. The average Bonchev–Trinajstić information content (AvgIpc) is 2.79. The molecule has 1 saturated carbocycles. The lowest BCUT2D eigenvalue weighted by atomic mass is 9.79. The molecule has 0 atom stereocenters. The monoisotopic (exact) mass is 339 g/mol. The molecule has 5 nitrogen and oxygen atoms in total. The van der Waals surface area contributed by atoms with Crippen LogP contribution in [0.1, 0.15) is 58.4 Å². The van der Waals surface area contributed by atoms with Crippen molar-refractivity contribution in [1.82, 2.24) is 9.55 Å². The van der Waals surface area contributed by atoms with Crippen LogP contribution >= 0.6 is 0 Å². The number of amides is 1. The molecule has 0 saturated heterocycles. The SMILES string of the molecule is C=C(CC)CC(=O)N1c2nc3ccc(C(C)(C)O)cc3n2C12CCC2. The van der Waals surface area contributed by atoms with Gasteiger partial charge in [0.05, 0.1) is 16.6 Å². The maximum atomic E-state index is 12.8. The number of aromatic nitrogens is 2. The average molecular weight is 339 g/mol. The summed E-state index contributed by atoms with van der Waals surface area (Å²) in [6.07, 6.45) is 4.24. The number of anilines is 1. The van der Waals surface area contributed by atoms with Gasteiger partial charge in [0.1, 0.15) is 5.66 Å². The number of benzene rings is 1. The van der Waals surface area contributed by atoms with Gasteiger partial charge in [0.25, 0.3) is 0 Å². The third-order valence-corrected chi connectivity index (χ3v) is 5.68. The Hall–Kier alpha value is -2.14. The maximum Gasteiger partial charge on any atom is 0.235 e. The van der Waals surface area contributed by atoms with Crippen molar-refractivity contribution < 1.29 is 9.90 Å². The van der Waals surface area contributed by atoms with Crippen LogP contribution in [0.5, 0.6) is 0 Å². The number of imidazole rings is 1. The largest absolute Gasteiger partial charge is 0.386 e. The fourth-order valence-electron chi connectivity index (χ4n) is 3.95. The number of carbonyl (C=O) groups excluding carboxylic acids is 1. The van der Waals surface area contributed by atoms with Crippen LogP contribution in [0.15, 0.2) is 30.4 Å². The Balaban J connectivity index is 1.80. The number of fused-ring (bicyclic) bond motifs is 4. The summed E-state index contributed by atoms with van der Waals surface area (Å²) in [5, 5.41) is 10.3. The molecule has 2 aromatic rings. The third-order valence-electron chi connectivity index (χ3n) is 5.68. The van der Waals surface area contributed by atoms with Crippen LogP contribution in [-0.2, 0) is 16.1 Å². The number of hydrogen-bond donors (Lipinski definition) is 1. The fraction of sp³-hybridized carbons (Fsp3) is 0.500. The normalized spacial score (nSPS) is 18.0. The molecule has 2 heterocycles. The smallest absolute Gasteiger partial charge is 0.235 e. The highest BCUT2D eigenvalue weighted by Crippen LogP contribution is 2.55. The first kappa shape index (κ1) is 16.3. The van der Waals surface area contributed by atoms with Gasteiger partial charge in [-0.05, 0) is 57.2 Å². The lowest BCUT2D eigenvalue weighted by molar-refractivity contribution is -0.123. The van der Waals surface area contributed by atoms with Crippen molar-refractivity contribution in [2.24, 2.45) is 0 Å². The van der Waals surface area contributed by atoms with Crippen LogP contribution in [0.3, 0.4) is 0 Å². The van der Waals surface area contributed by atoms with E-state index >= 15 is 0 Å². The molecule has 4 rings (SSSR count). The highest BCUT2D eigenvalue weighted by Gasteiger charge is 2.58. The molecule has 0 radical (unpaired) electrons. The van der Waals surface area contributed by atoms with Crippen molar-refractivity contribution in [2.45, 2.75) is 64.1 Å². The van der Waals surface area contributed by atoms with Crippen LogP contribution < -0.4 is 4.90 Å². The molecule has 25 heavy (non-hydrogen) atoms. The van der Waals surface area contributed by atoms with Crippen molar-refractivity contribution >= 4 is 22.9 Å². The lowest BCUT2D eigenvalue weighted by Crippen LogP contribution is -2.66. The predicted molar refractivity (Wildman–Crippen MR) is 98.3 cm³/mol. The molecular weight excluding hydrogens is 314 g/mol. The van der Waals surface area contributed by atoms with Gasteiger partial charge in [0, 0.05) is 6.42 Å². The van der Waals surface area contributed by atoms with E-state index in [1.54, 1.807) is 13.8 Å². The first-order chi connectivity index (χ1) is 11.8. The molecule has 0 unspecified atom stereocenters. The van der Waals surface area contributed by atoms with Crippen molar-refractivity contribution in [3.8, 4) is 0 Å². The maximum absolute atomic E-state index is 12.8. The predicted octanol–water partition coefficient (Wildman–Crippen LogP) is 3.80. The minimum absolute atomic E-state index is 0.0945. The van der Waals surface area contributed by atoms with Gasteiger partial charge in [-0.1, -0.05) is 25.1 Å². The van der Waals surface area contributed by atoms with Crippen molar-refractivity contribution in [3.05, 3.63) is 35.9 Å². The second-order valence-corrected chi connectivity index (χ2v) is 7.86. The van der Waals surface area contributed by atoms with Gasteiger partial charge in [0.2, 0.25) is 11.9 Å². The molecule has 1 N–H and O–H groups in total. The van der Waals surface area contributed by atoms with Gasteiger partial charge >= 0.3 is 0 Å². The first-order valence-corrected chi connectivity index (χ1v) is 9.03. The summed E-state index contributed by atoms with van der Waals surface area (Å²) in [5.41, 5.74) is 2.54. The van der Waals surface area contributed by atoms with Crippen LogP contribution in [-0.4, -0.2) is 20.6 Å². The van der Waals surface area contributed by atoms with E-state index < -0.39 is 5.60 Å². The van der Waals surface area contributed by atoms with Gasteiger partial charge in [-0.25, -0.2) is 4.98 Å². The Bertz CT molecular complexity index is 884. The van der Waals surface area contributed by atoms with E-state index in [1.165, 1.54) is 0 Å². The minimum atomic E-state index is -0.899. The Labute approximate surface area is 148 Å². The number of aliphatic hydroxyl groups is 1.